The maximum atomic E-state index is 14.0. The Morgan fingerprint density at radius 2 is 1.82 bits per heavy atom. The minimum absolute atomic E-state index is 0.170. The molecule has 0 N–H and O–H groups in total. The fraction of sp³-hybridized carbons (Fsp3) is 0.105. The van der Waals surface area contributed by atoms with Gasteiger partial charge in [0.2, 0.25) is 5.65 Å². The van der Waals surface area contributed by atoms with E-state index in [1.54, 1.807) is 41.1 Å². The number of aromatic nitrogens is 4. The number of rotatable bonds is 4. The van der Waals surface area contributed by atoms with Crippen molar-refractivity contribution in [3.63, 3.8) is 0 Å². The van der Waals surface area contributed by atoms with E-state index in [9.17, 15) is 9.18 Å². The maximum Gasteiger partial charge on any atom is 0.300 e. The molecule has 0 aliphatic rings. The van der Waals surface area contributed by atoms with Crippen molar-refractivity contribution in [1.29, 1.82) is 0 Å². The Hall–Kier alpha value is -2.35. The summed E-state index contributed by atoms with van der Waals surface area (Å²) in [5.74, 6) is -0.115. The molecule has 0 aliphatic heterocycles. The molecular weight excluding hydrogens is 422 g/mol. The summed E-state index contributed by atoms with van der Waals surface area (Å²) >= 11 is 13.5. The third kappa shape index (κ3) is 3.30. The van der Waals surface area contributed by atoms with E-state index in [1.807, 2.05) is 13.0 Å². The Morgan fingerprint density at radius 1 is 1.07 bits per heavy atom. The van der Waals surface area contributed by atoms with Crippen molar-refractivity contribution < 1.29 is 4.39 Å². The number of benzene rings is 2. The second kappa shape index (κ2) is 7.58. The van der Waals surface area contributed by atoms with Gasteiger partial charge in [0.15, 0.2) is 5.16 Å². The van der Waals surface area contributed by atoms with Gasteiger partial charge in [-0.05, 0) is 36.8 Å². The lowest BCUT2D eigenvalue weighted by atomic mass is 10.2. The first-order chi connectivity index (χ1) is 13.5. The highest BCUT2D eigenvalue weighted by Crippen LogP contribution is 2.28. The third-order valence-electron chi connectivity index (χ3n) is 4.35. The fourth-order valence-electron chi connectivity index (χ4n) is 2.82. The molecule has 0 bridgehead atoms. The SMILES string of the molecule is Cc1c(Cl)cccc1-n1ccn2c(SCc3c(F)cccc3Cl)nnc2c1=O. The monoisotopic (exact) mass is 434 g/mol. The van der Waals surface area contributed by atoms with E-state index in [-0.39, 0.29) is 22.8 Å². The van der Waals surface area contributed by atoms with Crippen LogP contribution in [0.5, 0.6) is 0 Å². The molecule has 0 unspecified atom stereocenters. The molecule has 0 spiro atoms. The number of hydrogen-bond donors (Lipinski definition) is 0. The number of halogens is 3. The summed E-state index contributed by atoms with van der Waals surface area (Å²) in [6.45, 7) is 1.84. The van der Waals surface area contributed by atoms with Crippen LogP contribution in [0.4, 0.5) is 4.39 Å². The molecular formula is C19H13Cl2FN4OS. The predicted octanol–water partition coefficient (Wildman–Crippen LogP) is 4.93. The average Bonchev–Trinajstić information content (AvgIpc) is 3.08. The molecule has 142 valence electrons. The molecule has 0 amide bonds. The molecule has 0 radical (unpaired) electrons. The van der Waals surface area contributed by atoms with Gasteiger partial charge in [0, 0.05) is 33.8 Å². The highest BCUT2D eigenvalue weighted by atomic mass is 35.5. The van der Waals surface area contributed by atoms with E-state index in [0.717, 1.165) is 5.56 Å². The Morgan fingerprint density at radius 3 is 2.61 bits per heavy atom. The van der Waals surface area contributed by atoms with Gasteiger partial charge in [-0.15, -0.1) is 10.2 Å². The molecule has 4 aromatic rings. The topological polar surface area (TPSA) is 52.2 Å². The first-order valence-corrected chi connectivity index (χ1v) is 9.99. The summed E-state index contributed by atoms with van der Waals surface area (Å²) in [6, 6.07) is 9.90. The summed E-state index contributed by atoms with van der Waals surface area (Å²) in [5.41, 5.74) is 1.70. The standard InChI is InChI=1S/C19H13Cl2FN4OS/c1-11-13(20)4-3-7-16(11)25-8-9-26-17(18(25)27)23-24-19(26)28-10-12-14(21)5-2-6-15(12)22/h2-9H,10H2,1H3. The summed E-state index contributed by atoms with van der Waals surface area (Å²) in [6.07, 6.45) is 3.33. The Bertz CT molecular complexity index is 1230. The highest BCUT2D eigenvalue weighted by molar-refractivity contribution is 7.98. The molecule has 9 heteroatoms. The summed E-state index contributed by atoms with van der Waals surface area (Å²) in [7, 11) is 0. The lowest BCUT2D eigenvalue weighted by Gasteiger charge is -2.10. The average molecular weight is 435 g/mol. The number of fused-ring (bicyclic) bond motifs is 1. The van der Waals surface area contributed by atoms with Crippen LogP contribution < -0.4 is 5.56 Å². The van der Waals surface area contributed by atoms with Gasteiger partial charge in [-0.2, -0.15) is 0 Å². The largest absolute Gasteiger partial charge is 0.300 e. The molecule has 2 heterocycles. The smallest absolute Gasteiger partial charge is 0.279 e. The van der Waals surface area contributed by atoms with Gasteiger partial charge in [-0.1, -0.05) is 47.1 Å². The van der Waals surface area contributed by atoms with Crippen molar-refractivity contribution in [2.24, 2.45) is 0 Å². The van der Waals surface area contributed by atoms with Crippen LogP contribution in [-0.4, -0.2) is 19.2 Å². The fourth-order valence-corrected chi connectivity index (χ4v) is 4.25. The molecule has 28 heavy (non-hydrogen) atoms. The molecule has 2 aromatic heterocycles. The van der Waals surface area contributed by atoms with Gasteiger partial charge in [-0.3, -0.25) is 13.8 Å². The van der Waals surface area contributed by atoms with Crippen molar-refractivity contribution in [3.05, 3.63) is 86.1 Å². The molecule has 0 saturated heterocycles. The van der Waals surface area contributed by atoms with Crippen LogP contribution in [0.15, 0.2) is 58.7 Å². The number of thioether (sulfide) groups is 1. The minimum Gasteiger partial charge on any atom is -0.279 e. The normalized spacial score (nSPS) is 11.3. The molecule has 2 aromatic carbocycles. The van der Waals surface area contributed by atoms with Crippen LogP contribution >= 0.6 is 35.0 Å². The van der Waals surface area contributed by atoms with Crippen molar-refractivity contribution in [2.45, 2.75) is 17.8 Å². The van der Waals surface area contributed by atoms with Gasteiger partial charge < -0.3 is 0 Å². The van der Waals surface area contributed by atoms with Crippen molar-refractivity contribution in [1.82, 2.24) is 19.2 Å². The molecule has 0 aliphatic carbocycles. The summed E-state index contributed by atoms with van der Waals surface area (Å²) in [5, 5.41) is 9.48. The number of hydrogen-bond acceptors (Lipinski definition) is 4. The van der Waals surface area contributed by atoms with E-state index < -0.39 is 0 Å². The summed E-state index contributed by atoms with van der Waals surface area (Å²) < 4.78 is 17.0. The highest BCUT2D eigenvalue weighted by Gasteiger charge is 2.15. The maximum absolute atomic E-state index is 14.0. The van der Waals surface area contributed by atoms with Crippen LogP contribution in [0.2, 0.25) is 10.0 Å². The molecule has 4 rings (SSSR count). The van der Waals surface area contributed by atoms with Gasteiger partial charge in [0.1, 0.15) is 5.82 Å². The number of nitrogens with zero attached hydrogens (tertiary/aromatic N) is 4. The second-order valence-corrected chi connectivity index (χ2v) is 7.78. The molecule has 0 saturated carbocycles. The van der Waals surface area contributed by atoms with Crippen molar-refractivity contribution >= 4 is 40.6 Å². The van der Waals surface area contributed by atoms with Crippen LogP contribution in [0.3, 0.4) is 0 Å². The Balaban J connectivity index is 1.71. The minimum atomic E-state index is -0.382. The van der Waals surface area contributed by atoms with E-state index in [0.29, 0.717) is 26.5 Å². The van der Waals surface area contributed by atoms with Gasteiger partial charge >= 0.3 is 5.56 Å². The zero-order valence-corrected chi connectivity index (χ0v) is 16.9. The lowest BCUT2D eigenvalue weighted by Crippen LogP contribution is -2.21. The van der Waals surface area contributed by atoms with E-state index >= 15 is 0 Å². The first-order valence-electron chi connectivity index (χ1n) is 8.25. The van der Waals surface area contributed by atoms with Gasteiger partial charge in [0.05, 0.1) is 5.69 Å². The third-order valence-corrected chi connectivity index (χ3v) is 6.08. The zero-order chi connectivity index (χ0) is 19.8. The molecule has 5 nitrogen and oxygen atoms in total. The second-order valence-electron chi connectivity index (χ2n) is 6.02. The Labute approximate surface area is 173 Å². The predicted molar refractivity (Wildman–Crippen MR) is 109 cm³/mol. The van der Waals surface area contributed by atoms with E-state index in [2.05, 4.69) is 10.2 Å². The van der Waals surface area contributed by atoms with Crippen LogP contribution in [0, 0.1) is 12.7 Å². The Kier molecular flexibility index (Phi) is 5.14. The quantitative estimate of drug-likeness (QED) is 0.427. The van der Waals surface area contributed by atoms with Gasteiger partial charge in [-0.25, -0.2) is 4.39 Å². The van der Waals surface area contributed by atoms with E-state index in [4.69, 9.17) is 23.2 Å². The van der Waals surface area contributed by atoms with Crippen LogP contribution in [0.25, 0.3) is 11.3 Å². The zero-order valence-electron chi connectivity index (χ0n) is 14.6. The van der Waals surface area contributed by atoms with Crippen molar-refractivity contribution in [2.75, 3.05) is 0 Å². The molecule has 0 atom stereocenters. The molecule has 0 fully saturated rings. The summed E-state index contributed by atoms with van der Waals surface area (Å²) in [4.78, 5) is 12.9. The van der Waals surface area contributed by atoms with Crippen LogP contribution in [0.1, 0.15) is 11.1 Å². The lowest BCUT2D eigenvalue weighted by molar-refractivity contribution is 0.617. The van der Waals surface area contributed by atoms with E-state index in [1.165, 1.54) is 22.4 Å². The van der Waals surface area contributed by atoms with Crippen LogP contribution in [-0.2, 0) is 5.75 Å². The van der Waals surface area contributed by atoms with Gasteiger partial charge in [0.25, 0.3) is 0 Å². The first kappa shape index (κ1) is 19.0. The van der Waals surface area contributed by atoms with Crippen molar-refractivity contribution in [3.8, 4) is 5.69 Å².